The number of ether oxygens (including phenoxy) is 1. The lowest BCUT2D eigenvalue weighted by molar-refractivity contribution is -0.132. The Hall–Kier alpha value is -1.12. The molecule has 0 bridgehead atoms. The van der Waals surface area contributed by atoms with Crippen LogP contribution >= 0.6 is 0 Å². The number of rotatable bonds is 7. The number of carbonyl (C=O) groups excluding carboxylic acids is 1. The predicted octanol–water partition coefficient (Wildman–Crippen LogP) is 0.375. The molecule has 0 saturated heterocycles. The molecule has 1 amide bonds. The number of hydrogen-bond donors (Lipinski definition) is 1. The summed E-state index contributed by atoms with van der Waals surface area (Å²) in [5.74, 6) is -0.137. The molecule has 17 heavy (non-hydrogen) atoms. The highest BCUT2D eigenvalue weighted by Crippen LogP contribution is 2.40. The highest BCUT2D eigenvalue weighted by molar-refractivity contribution is 5.86. The second-order valence-electron chi connectivity index (χ2n) is 4.72. The minimum atomic E-state index is -0.746. The summed E-state index contributed by atoms with van der Waals surface area (Å²) >= 11 is 0. The molecule has 1 N–H and O–H groups in total. The predicted molar refractivity (Wildman–Crippen MR) is 64.3 cm³/mol. The van der Waals surface area contributed by atoms with E-state index < -0.39 is 5.41 Å². The molecule has 0 spiro atoms. The molecular weight excluding hydrogens is 218 g/mol. The zero-order valence-corrected chi connectivity index (χ0v) is 10.7. The fraction of sp³-hybridized carbons (Fsp3) is 0.833. The van der Waals surface area contributed by atoms with Gasteiger partial charge in [0.05, 0.1) is 19.3 Å². The Morgan fingerprint density at radius 1 is 1.47 bits per heavy atom. The number of nitrogens with one attached hydrogen (secondary N) is 1. The molecule has 0 aliphatic heterocycles. The molecule has 0 aromatic heterocycles. The van der Waals surface area contributed by atoms with Gasteiger partial charge in [0, 0.05) is 13.1 Å². The van der Waals surface area contributed by atoms with E-state index in [9.17, 15) is 4.79 Å². The van der Waals surface area contributed by atoms with Crippen molar-refractivity contribution in [2.45, 2.75) is 19.3 Å². The van der Waals surface area contributed by atoms with Crippen molar-refractivity contribution in [3.05, 3.63) is 0 Å². The Balaban J connectivity index is 2.07. The van der Waals surface area contributed by atoms with E-state index in [1.54, 1.807) is 0 Å². The molecule has 0 radical (unpaired) electrons. The van der Waals surface area contributed by atoms with E-state index in [2.05, 4.69) is 11.4 Å². The highest BCUT2D eigenvalue weighted by atomic mass is 16.5. The summed E-state index contributed by atoms with van der Waals surface area (Å²) in [6, 6.07) is 2.12. The zero-order chi connectivity index (χ0) is 12.7. The third-order valence-corrected chi connectivity index (χ3v) is 3.07. The van der Waals surface area contributed by atoms with E-state index in [0.29, 0.717) is 32.6 Å². The van der Waals surface area contributed by atoms with Crippen LogP contribution in [-0.4, -0.2) is 51.2 Å². The van der Waals surface area contributed by atoms with Gasteiger partial charge in [-0.3, -0.25) is 4.79 Å². The first-order valence-electron chi connectivity index (χ1n) is 6.03. The Morgan fingerprint density at radius 2 is 2.18 bits per heavy atom. The maximum Gasteiger partial charge on any atom is 0.240 e. The monoisotopic (exact) mass is 239 g/mol. The van der Waals surface area contributed by atoms with Crippen LogP contribution in [0.4, 0.5) is 0 Å². The van der Waals surface area contributed by atoms with Crippen LogP contribution in [0.1, 0.15) is 19.3 Å². The number of carbonyl (C=O) groups is 1. The third-order valence-electron chi connectivity index (χ3n) is 3.07. The fourth-order valence-corrected chi connectivity index (χ4v) is 1.68. The van der Waals surface area contributed by atoms with Crippen molar-refractivity contribution in [1.82, 2.24) is 10.2 Å². The van der Waals surface area contributed by atoms with Crippen molar-refractivity contribution in [2.75, 3.05) is 40.4 Å². The molecule has 0 unspecified atom stereocenters. The smallest absolute Gasteiger partial charge is 0.240 e. The van der Waals surface area contributed by atoms with Crippen LogP contribution in [0.5, 0.6) is 0 Å². The van der Waals surface area contributed by atoms with Crippen molar-refractivity contribution < 1.29 is 9.53 Å². The largest absolute Gasteiger partial charge is 0.378 e. The normalized spacial score (nSPS) is 17.3. The van der Waals surface area contributed by atoms with Gasteiger partial charge in [0.15, 0.2) is 0 Å². The van der Waals surface area contributed by atoms with Gasteiger partial charge < -0.3 is 15.0 Å². The van der Waals surface area contributed by atoms with Gasteiger partial charge >= 0.3 is 0 Å². The summed E-state index contributed by atoms with van der Waals surface area (Å²) < 4.78 is 5.35. The van der Waals surface area contributed by atoms with Crippen molar-refractivity contribution in [3.63, 3.8) is 0 Å². The van der Waals surface area contributed by atoms with Gasteiger partial charge in [-0.1, -0.05) is 0 Å². The molecule has 96 valence electrons. The first-order valence-corrected chi connectivity index (χ1v) is 6.03. The van der Waals surface area contributed by atoms with Crippen molar-refractivity contribution in [3.8, 4) is 6.07 Å². The second kappa shape index (κ2) is 6.58. The Labute approximate surface area is 103 Å². The van der Waals surface area contributed by atoms with Crippen LogP contribution in [0.15, 0.2) is 0 Å². The molecule has 0 atom stereocenters. The van der Waals surface area contributed by atoms with Crippen LogP contribution in [0.2, 0.25) is 0 Å². The van der Waals surface area contributed by atoms with E-state index >= 15 is 0 Å². The summed E-state index contributed by atoms with van der Waals surface area (Å²) in [5.41, 5.74) is -0.746. The molecular formula is C12H21N3O2. The van der Waals surface area contributed by atoms with E-state index in [1.807, 2.05) is 19.0 Å². The van der Waals surface area contributed by atoms with E-state index in [1.165, 1.54) is 0 Å². The van der Waals surface area contributed by atoms with Gasteiger partial charge in [0.1, 0.15) is 5.41 Å². The summed E-state index contributed by atoms with van der Waals surface area (Å²) in [6.07, 6.45) is 2.36. The van der Waals surface area contributed by atoms with Gasteiger partial charge in [-0.25, -0.2) is 0 Å². The van der Waals surface area contributed by atoms with E-state index in [0.717, 1.165) is 13.0 Å². The van der Waals surface area contributed by atoms with Crippen LogP contribution < -0.4 is 5.32 Å². The van der Waals surface area contributed by atoms with Crippen LogP contribution in [0.25, 0.3) is 0 Å². The standard InChI is InChI=1S/C12H21N3O2/c1-15(2)7-9-17-8-6-14-11(16)12(10-13)4-3-5-12/h3-9H2,1-2H3,(H,14,16). The average Bonchev–Trinajstić information content (AvgIpc) is 2.22. The SMILES string of the molecule is CN(C)CCOCCNC(=O)C1(C#N)CCC1. The lowest BCUT2D eigenvalue weighted by Gasteiger charge is -2.33. The van der Waals surface area contributed by atoms with Gasteiger partial charge in [-0.2, -0.15) is 5.26 Å². The summed E-state index contributed by atoms with van der Waals surface area (Å²) in [6.45, 7) is 2.51. The van der Waals surface area contributed by atoms with Gasteiger partial charge in [-0.05, 0) is 33.4 Å². The highest BCUT2D eigenvalue weighted by Gasteiger charge is 2.44. The Morgan fingerprint density at radius 3 is 2.65 bits per heavy atom. The van der Waals surface area contributed by atoms with Crippen LogP contribution in [0.3, 0.4) is 0 Å². The average molecular weight is 239 g/mol. The molecule has 1 fully saturated rings. The minimum Gasteiger partial charge on any atom is -0.378 e. The van der Waals surface area contributed by atoms with Crippen LogP contribution in [-0.2, 0) is 9.53 Å². The topological polar surface area (TPSA) is 65.4 Å². The second-order valence-corrected chi connectivity index (χ2v) is 4.72. The van der Waals surface area contributed by atoms with Crippen LogP contribution in [0, 0.1) is 16.7 Å². The van der Waals surface area contributed by atoms with Gasteiger partial charge in [0.25, 0.3) is 0 Å². The molecule has 0 aromatic rings. The number of nitriles is 1. The summed E-state index contributed by atoms with van der Waals surface area (Å²) in [7, 11) is 3.97. The maximum atomic E-state index is 11.7. The summed E-state index contributed by atoms with van der Waals surface area (Å²) in [5, 5.41) is 11.7. The Bertz CT molecular complexity index is 293. The first-order chi connectivity index (χ1) is 8.10. The fourth-order valence-electron chi connectivity index (χ4n) is 1.68. The molecule has 0 heterocycles. The number of hydrogen-bond acceptors (Lipinski definition) is 4. The van der Waals surface area contributed by atoms with E-state index in [-0.39, 0.29) is 5.91 Å². The number of nitrogens with zero attached hydrogens (tertiary/aromatic N) is 2. The maximum absolute atomic E-state index is 11.7. The zero-order valence-electron chi connectivity index (χ0n) is 10.7. The molecule has 5 nitrogen and oxygen atoms in total. The molecule has 1 aliphatic rings. The van der Waals surface area contributed by atoms with Crippen molar-refractivity contribution >= 4 is 5.91 Å². The van der Waals surface area contributed by atoms with Crippen molar-refractivity contribution in [2.24, 2.45) is 5.41 Å². The molecule has 1 rings (SSSR count). The first kappa shape index (κ1) is 13.9. The molecule has 1 saturated carbocycles. The lowest BCUT2D eigenvalue weighted by Crippen LogP contribution is -2.45. The number of likely N-dealkylation sites (N-methyl/N-ethyl adjacent to an activating group) is 1. The van der Waals surface area contributed by atoms with Gasteiger partial charge in [0.2, 0.25) is 5.91 Å². The van der Waals surface area contributed by atoms with Gasteiger partial charge in [-0.15, -0.1) is 0 Å². The Kier molecular flexibility index (Phi) is 5.39. The van der Waals surface area contributed by atoms with Crippen molar-refractivity contribution in [1.29, 1.82) is 5.26 Å². The number of amides is 1. The molecule has 5 heteroatoms. The lowest BCUT2D eigenvalue weighted by atomic mass is 9.69. The molecule has 0 aromatic carbocycles. The minimum absolute atomic E-state index is 0.137. The molecule has 1 aliphatic carbocycles. The quantitative estimate of drug-likeness (QED) is 0.652. The summed E-state index contributed by atoms with van der Waals surface area (Å²) in [4.78, 5) is 13.8. The van der Waals surface area contributed by atoms with E-state index in [4.69, 9.17) is 10.00 Å². The third kappa shape index (κ3) is 3.99.